The van der Waals surface area contributed by atoms with E-state index in [9.17, 15) is 4.79 Å². The molecule has 1 saturated heterocycles. The van der Waals surface area contributed by atoms with Gasteiger partial charge in [0.25, 0.3) is 0 Å². The number of amides is 1. The molecular weight excluding hydrogens is 376 g/mol. The zero-order valence-electron chi connectivity index (χ0n) is 17.6. The van der Waals surface area contributed by atoms with Gasteiger partial charge in [0.15, 0.2) is 0 Å². The van der Waals surface area contributed by atoms with Crippen molar-refractivity contribution >= 4 is 5.91 Å². The maximum absolute atomic E-state index is 13.3. The fourth-order valence-electron chi connectivity index (χ4n) is 4.45. The number of aromatic nitrogens is 2. The van der Waals surface area contributed by atoms with Gasteiger partial charge in [0.05, 0.1) is 5.41 Å². The highest BCUT2D eigenvalue weighted by molar-refractivity contribution is 5.83. The Kier molecular flexibility index (Phi) is 5.95. The number of hydrogen-bond donors (Lipinski definition) is 0. The lowest BCUT2D eigenvalue weighted by atomic mass is 9.75. The quantitative estimate of drug-likeness (QED) is 0.628. The van der Waals surface area contributed by atoms with E-state index in [1.807, 2.05) is 75.0 Å². The average molecular weight is 405 g/mol. The summed E-state index contributed by atoms with van der Waals surface area (Å²) in [5, 5.41) is 4.25. The fraction of sp³-hybridized carbons (Fsp3) is 0.375. The molecule has 30 heavy (non-hydrogen) atoms. The maximum atomic E-state index is 13.3. The van der Waals surface area contributed by atoms with Crippen molar-refractivity contribution in [3.8, 4) is 11.3 Å². The largest absolute Gasteiger partial charge is 0.361 e. The summed E-state index contributed by atoms with van der Waals surface area (Å²) in [6, 6.07) is 16.0. The smallest absolute Gasteiger partial charge is 0.230 e. The second-order valence-corrected chi connectivity index (χ2v) is 8.37. The molecule has 6 heteroatoms. The van der Waals surface area contributed by atoms with Crippen molar-refractivity contribution in [2.75, 3.05) is 27.2 Å². The summed E-state index contributed by atoms with van der Waals surface area (Å²) in [5.74, 6) is 0.911. The Morgan fingerprint density at radius 2 is 1.93 bits per heavy atom. The second-order valence-electron chi connectivity index (χ2n) is 8.37. The third-order valence-electron chi connectivity index (χ3n) is 5.81. The lowest BCUT2D eigenvalue weighted by molar-refractivity contribution is -0.143. The van der Waals surface area contributed by atoms with Crippen molar-refractivity contribution in [3.63, 3.8) is 0 Å². The van der Waals surface area contributed by atoms with Gasteiger partial charge in [-0.3, -0.25) is 14.7 Å². The number of pyridine rings is 1. The van der Waals surface area contributed by atoms with Crippen LogP contribution in [0, 0.1) is 5.41 Å². The standard InChI is InChI=1S/C24H28N4O2/c1-27(2)23(29)24(11-6-14-28(18-24)17-19-9-12-25-13-10-19)16-21-15-22(26-30-21)20-7-4-3-5-8-20/h3-5,7-10,12-13,15H,6,11,14,16-18H2,1-2H3/t24-/m1/s1. The van der Waals surface area contributed by atoms with Gasteiger partial charge in [0, 0.05) is 57.6 Å². The minimum atomic E-state index is -0.512. The number of hydrogen-bond acceptors (Lipinski definition) is 5. The van der Waals surface area contributed by atoms with Gasteiger partial charge in [-0.05, 0) is 37.1 Å². The summed E-state index contributed by atoms with van der Waals surface area (Å²) in [5.41, 5.74) is 2.53. The van der Waals surface area contributed by atoms with E-state index in [1.165, 1.54) is 5.56 Å². The molecule has 0 radical (unpaired) electrons. The van der Waals surface area contributed by atoms with E-state index in [1.54, 1.807) is 4.90 Å². The number of nitrogens with zero attached hydrogens (tertiary/aromatic N) is 4. The number of carbonyl (C=O) groups is 1. The Bertz CT molecular complexity index is 971. The van der Waals surface area contributed by atoms with Crippen molar-refractivity contribution < 1.29 is 9.32 Å². The van der Waals surface area contributed by atoms with Gasteiger partial charge in [-0.25, -0.2) is 0 Å². The molecule has 0 aliphatic carbocycles. The molecule has 0 N–H and O–H groups in total. The van der Waals surface area contributed by atoms with E-state index in [-0.39, 0.29) is 5.91 Å². The second kappa shape index (κ2) is 8.79. The Balaban J connectivity index is 1.57. The number of piperidine rings is 1. The Hall–Kier alpha value is -2.99. The van der Waals surface area contributed by atoms with E-state index < -0.39 is 5.41 Å². The van der Waals surface area contributed by atoms with E-state index in [0.717, 1.165) is 42.9 Å². The van der Waals surface area contributed by atoms with Crippen LogP contribution in [0.2, 0.25) is 0 Å². The molecule has 2 aromatic heterocycles. The molecule has 1 aromatic carbocycles. The highest BCUT2D eigenvalue weighted by Gasteiger charge is 2.44. The van der Waals surface area contributed by atoms with Crippen LogP contribution in [0.4, 0.5) is 0 Å². The van der Waals surface area contributed by atoms with Crippen LogP contribution in [0.15, 0.2) is 65.4 Å². The van der Waals surface area contributed by atoms with E-state index in [0.29, 0.717) is 13.0 Å². The van der Waals surface area contributed by atoms with E-state index in [2.05, 4.69) is 15.0 Å². The number of likely N-dealkylation sites (tertiary alicyclic amines) is 1. The van der Waals surface area contributed by atoms with Gasteiger partial charge in [-0.15, -0.1) is 0 Å². The number of rotatable bonds is 6. The minimum absolute atomic E-state index is 0.152. The summed E-state index contributed by atoms with van der Waals surface area (Å²) in [4.78, 5) is 21.5. The minimum Gasteiger partial charge on any atom is -0.361 e. The van der Waals surface area contributed by atoms with Crippen molar-refractivity contribution in [2.45, 2.75) is 25.8 Å². The van der Waals surface area contributed by atoms with Crippen molar-refractivity contribution in [1.82, 2.24) is 19.9 Å². The highest BCUT2D eigenvalue weighted by Crippen LogP contribution is 2.37. The molecule has 1 aliphatic rings. The predicted octanol–water partition coefficient (Wildman–Crippen LogP) is 3.65. The van der Waals surface area contributed by atoms with Gasteiger partial charge in [0.2, 0.25) is 5.91 Å². The molecule has 0 spiro atoms. The number of carbonyl (C=O) groups excluding carboxylic acids is 1. The maximum Gasteiger partial charge on any atom is 0.230 e. The summed E-state index contributed by atoms with van der Waals surface area (Å²) < 4.78 is 5.68. The SMILES string of the molecule is CN(C)C(=O)[C@@]1(Cc2cc(-c3ccccc3)no2)CCCN(Cc2ccncc2)C1. The third-order valence-corrected chi connectivity index (χ3v) is 5.81. The predicted molar refractivity (Wildman–Crippen MR) is 116 cm³/mol. The highest BCUT2D eigenvalue weighted by atomic mass is 16.5. The van der Waals surface area contributed by atoms with Crippen LogP contribution < -0.4 is 0 Å². The lowest BCUT2D eigenvalue weighted by Gasteiger charge is -2.42. The van der Waals surface area contributed by atoms with Gasteiger partial charge >= 0.3 is 0 Å². The Morgan fingerprint density at radius 3 is 2.67 bits per heavy atom. The van der Waals surface area contributed by atoms with Gasteiger partial charge in [-0.2, -0.15) is 0 Å². The first-order valence-electron chi connectivity index (χ1n) is 10.4. The first kappa shape index (κ1) is 20.3. The summed E-state index contributed by atoms with van der Waals surface area (Å²) in [6.07, 6.45) is 6.01. The Labute approximate surface area is 177 Å². The molecule has 0 saturated carbocycles. The zero-order valence-corrected chi connectivity index (χ0v) is 17.6. The molecule has 1 aliphatic heterocycles. The molecule has 0 unspecified atom stereocenters. The van der Waals surface area contributed by atoms with Crippen molar-refractivity contribution in [1.29, 1.82) is 0 Å². The number of benzene rings is 1. The van der Waals surface area contributed by atoms with Crippen LogP contribution in [-0.2, 0) is 17.8 Å². The van der Waals surface area contributed by atoms with E-state index >= 15 is 0 Å². The molecule has 3 heterocycles. The third kappa shape index (κ3) is 4.44. The molecular formula is C24H28N4O2. The molecule has 4 rings (SSSR count). The van der Waals surface area contributed by atoms with Crippen LogP contribution in [0.5, 0.6) is 0 Å². The molecule has 1 amide bonds. The van der Waals surface area contributed by atoms with Crippen LogP contribution in [0.3, 0.4) is 0 Å². The van der Waals surface area contributed by atoms with Crippen LogP contribution in [-0.4, -0.2) is 53.0 Å². The van der Waals surface area contributed by atoms with Crippen molar-refractivity contribution in [2.24, 2.45) is 5.41 Å². The molecule has 1 fully saturated rings. The molecule has 1 atom stereocenters. The fourth-order valence-corrected chi connectivity index (χ4v) is 4.45. The summed E-state index contributed by atoms with van der Waals surface area (Å²) >= 11 is 0. The monoisotopic (exact) mass is 404 g/mol. The van der Waals surface area contributed by atoms with Crippen LogP contribution >= 0.6 is 0 Å². The topological polar surface area (TPSA) is 62.5 Å². The normalized spacial score (nSPS) is 19.5. The first-order valence-corrected chi connectivity index (χ1v) is 10.4. The van der Waals surface area contributed by atoms with Gasteiger partial charge < -0.3 is 9.42 Å². The summed E-state index contributed by atoms with van der Waals surface area (Å²) in [7, 11) is 3.67. The molecule has 6 nitrogen and oxygen atoms in total. The first-order chi connectivity index (χ1) is 14.6. The molecule has 3 aromatic rings. The summed E-state index contributed by atoms with van der Waals surface area (Å²) in [6.45, 7) is 2.50. The van der Waals surface area contributed by atoms with Gasteiger partial charge in [-0.1, -0.05) is 35.5 Å². The van der Waals surface area contributed by atoms with E-state index in [4.69, 9.17) is 4.52 Å². The Morgan fingerprint density at radius 1 is 1.17 bits per heavy atom. The average Bonchev–Trinajstić information content (AvgIpc) is 3.23. The lowest BCUT2D eigenvalue weighted by Crippen LogP contribution is -2.52. The van der Waals surface area contributed by atoms with Crippen LogP contribution in [0.25, 0.3) is 11.3 Å². The van der Waals surface area contributed by atoms with Crippen LogP contribution in [0.1, 0.15) is 24.2 Å². The van der Waals surface area contributed by atoms with Crippen molar-refractivity contribution in [3.05, 3.63) is 72.2 Å². The molecule has 0 bridgehead atoms. The zero-order chi connectivity index (χ0) is 21.0. The van der Waals surface area contributed by atoms with Gasteiger partial charge in [0.1, 0.15) is 11.5 Å². The molecule has 156 valence electrons.